The minimum absolute atomic E-state index is 0.248. The maximum atomic E-state index is 6.37. The Labute approximate surface area is 108 Å². The Bertz CT molecular complexity index is 471. The summed E-state index contributed by atoms with van der Waals surface area (Å²) in [6, 6.07) is 1.95. The first-order valence-electron chi connectivity index (χ1n) is 5.61. The molecule has 5 heteroatoms. The van der Waals surface area contributed by atoms with Crippen LogP contribution in [0, 0.1) is 0 Å². The quantitative estimate of drug-likeness (QED) is 0.912. The van der Waals surface area contributed by atoms with Gasteiger partial charge in [0.05, 0.1) is 7.11 Å². The molecule has 0 saturated heterocycles. The Morgan fingerprint density at radius 3 is 2.76 bits per heavy atom. The number of nitrogens with two attached hydrogens (primary N) is 1. The van der Waals surface area contributed by atoms with Gasteiger partial charge in [0.15, 0.2) is 11.5 Å². The fourth-order valence-corrected chi connectivity index (χ4v) is 3.07. The van der Waals surface area contributed by atoms with Crippen LogP contribution >= 0.6 is 15.9 Å². The lowest BCUT2D eigenvalue weighted by atomic mass is 9.72. The van der Waals surface area contributed by atoms with E-state index in [0.29, 0.717) is 5.75 Å². The standard InChI is InChI=1S/C12H14BrNO3/c1-15-10-7(12(14)3-2-4-12)5-8-11(9(10)13)17-6-16-8/h5H,2-4,6,14H2,1H3. The van der Waals surface area contributed by atoms with Gasteiger partial charge in [0, 0.05) is 11.1 Å². The number of fused-ring (bicyclic) bond motifs is 1. The first-order chi connectivity index (χ1) is 8.15. The van der Waals surface area contributed by atoms with E-state index < -0.39 is 0 Å². The summed E-state index contributed by atoms with van der Waals surface area (Å²) in [4.78, 5) is 0. The topological polar surface area (TPSA) is 53.7 Å². The van der Waals surface area contributed by atoms with E-state index in [1.54, 1.807) is 7.11 Å². The molecule has 0 spiro atoms. The van der Waals surface area contributed by atoms with E-state index in [-0.39, 0.29) is 12.3 Å². The van der Waals surface area contributed by atoms with Crippen molar-refractivity contribution < 1.29 is 14.2 Å². The van der Waals surface area contributed by atoms with E-state index in [4.69, 9.17) is 19.9 Å². The summed E-state index contributed by atoms with van der Waals surface area (Å²) < 4.78 is 17.1. The SMILES string of the molecule is COc1c(C2(N)CCC2)cc2c(c1Br)OCO2. The first-order valence-corrected chi connectivity index (χ1v) is 6.40. The van der Waals surface area contributed by atoms with Gasteiger partial charge < -0.3 is 19.9 Å². The second-order valence-corrected chi connectivity index (χ2v) is 5.31. The van der Waals surface area contributed by atoms with Crippen LogP contribution in [0.3, 0.4) is 0 Å². The Hall–Kier alpha value is -0.940. The highest BCUT2D eigenvalue weighted by atomic mass is 79.9. The predicted octanol–water partition coefficient (Wildman–Crippen LogP) is 2.52. The van der Waals surface area contributed by atoms with Gasteiger partial charge in [-0.25, -0.2) is 0 Å². The van der Waals surface area contributed by atoms with Crippen LogP contribution in [0.2, 0.25) is 0 Å². The molecule has 2 aliphatic rings. The van der Waals surface area contributed by atoms with Gasteiger partial charge in [0.2, 0.25) is 6.79 Å². The van der Waals surface area contributed by atoms with Gasteiger partial charge in [0.1, 0.15) is 10.2 Å². The van der Waals surface area contributed by atoms with E-state index in [1.807, 2.05) is 6.07 Å². The van der Waals surface area contributed by atoms with Crippen LogP contribution in [0.15, 0.2) is 10.5 Å². The van der Waals surface area contributed by atoms with Crippen LogP contribution in [0.1, 0.15) is 24.8 Å². The van der Waals surface area contributed by atoms with Crippen molar-refractivity contribution >= 4 is 15.9 Å². The van der Waals surface area contributed by atoms with E-state index in [1.165, 1.54) is 0 Å². The molecule has 0 atom stereocenters. The zero-order valence-corrected chi connectivity index (χ0v) is 11.2. The number of ether oxygens (including phenoxy) is 3. The van der Waals surface area contributed by atoms with E-state index in [0.717, 1.165) is 40.8 Å². The predicted molar refractivity (Wildman–Crippen MR) is 66.5 cm³/mol. The second kappa shape index (κ2) is 3.78. The molecule has 0 radical (unpaired) electrons. The Morgan fingerprint density at radius 1 is 1.41 bits per heavy atom. The van der Waals surface area contributed by atoms with Crippen LogP contribution in [-0.4, -0.2) is 13.9 Å². The molecule has 1 aromatic carbocycles. The summed E-state index contributed by atoms with van der Waals surface area (Å²) in [5.41, 5.74) is 7.09. The van der Waals surface area contributed by atoms with Crippen LogP contribution in [0.25, 0.3) is 0 Å². The number of benzene rings is 1. The minimum Gasteiger partial charge on any atom is -0.495 e. The van der Waals surface area contributed by atoms with Crippen molar-refractivity contribution in [3.05, 3.63) is 16.1 Å². The molecule has 0 bridgehead atoms. The number of hydrogen-bond acceptors (Lipinski definition) is 4. The van der Waals surface area contributed by atoms with Crippen molar-refractivity contribution in [2.45, 2.75) is 24.8 Å². The Kier molecular flexibility index (Phi) is 2.48. The molecule has 4 nitrogen and oxygen atoms in total. The molecule has 92 valence electrons. The molecule has 1 fully saturated rings. The number of halogens is 1. The Balaban J connectivity index is 2.17. The van der Waals surface area contributed by atoms with Gasteiger partial charge in [0.25, 0.3) is 0 Å². The van der Waals surface area contributed by atoms with Gasteiger partial charge in [-0.05, 0) is 41.3 Å². The monoisotopic (exact) mass is 299 g/mol. The van der Waals surface area contributed by atoms with Gasteiger partial charge in [-0.3, -0.25) is 0 Å². The van der Waals surface area contributed by atoms with E-state index in [9.17, 15) is 0 Å². The molecule has 3 rings (SSSR count). The largest absolute Gasteiger partial charge is 0.495 e. The van der Waals surface area contributed by atoms with Crippen LogP contribution < -0.4 is 19.9 Å². The summed E-state index contributed by atoms with van der Waals surface area (Å²) in [5.74, 6) is 2.20. The average Bonchev–Trinajstić information content (AvgIpc) is 2.74. The number of hydrogen-bond donors (Lipinski definition) is 1. The average molecular weight is 300 g/mol. The summed E-state index contributed by atoms with van der Waals surface area (Å²) in [7, 11) is 1.65. The highest BCUT2D eigenvalue weighted by Gasteiger charge is 2.39. The summed E-state index contributed by atoms with van der Waals surface area (Å²) in [6.45, 7) is 0.248. The lowest BCUT2D eigenvalue weighted by Crippen LogP contribution is -2.43. The van der Waals surface area contributed by atoms with E-state index >= 15 is 0 Å². The molecule has 0 aromatic heterocycles. The number of methoxy groups -OCH3 is 1. The van der Waals surface area contributed by atoms with Crippen molar-refractivity contribution in [1.82, 2.24) is 0 Å². The van der Waals surface area contributed by atoms with Crippen molar-refractivity contribution in [2.75, 3.05) is 13.9 Å². The third kappa shape index (κ3) is 1.52. The fourth-order valence-electron chi connectivity index (χ4n) is 2.38. The van der Waals surface area contributed by atoms with E-state index in [2.05, 4.69) is 15.9 Å². The maximum absolute atomic E-state index is 6.37. The van der Waals surface area contributed by atoms with Gasteiger partial charge >= 0.3 is 0 Å². The molecular weight excluding hydrogens is 286 g/mol. The normalized spacial score (nSPS) is 19.9. The smallest absolute Gasteiger partial charge is 0.231 e. The van der Waals surface area contributed by atoms with Crippen LogP contribution in [-0.2, 0) is 5.54 Å². The van der Waals surface area contributed by atoms with Crippen molar-refractivity contribution in [3.8, 4) is 17.2 Å². The number of rotatable bonds is 2. The summed E-state index contributed by atoms with van der Waals surface area (Å²) in [5, 5.41) is 0. The maximum Gasteiger partial charge on any atom is 0.231 e. The molecular formula is C12H14BrNO3. The summed E-state index contributed by atoms with van der Waals surface area (Å²) in [6.07, 6.45) is 3.12. The van der Waals surface area contributed by atoms with Crippen molar-refractivity contribution in [1.29, 1.82) is 0 Å². The summed E-state index contributed by atoms with van der Waals surface area (Å²) >= 11 is 3.50. The molecule has 17 heavy (non-hydrogen) atoms. The van der Waals surface area contributed by atoms with Crippen LogP contribution in [0.5, 0.6) is 17.2 Å². The highest BCUT2D eigenvalue weighted by Crippen LogP contribution is 2.52. The minimum atomic E-state index is -0.283. The third-order valence-corrected chi connectivity index (χ3v) is 4.27. The lowest BCUT2D eigenvalue weighted by Gasteiger charge is -2.39. The Morgan fingerprint density at radius 2 is 2.18 bits per heavy atom. The molecule has 1 aliphatic heterocycles. The third-order valence-electron chi connectivity index (χ3n) is 3.55. The van der Waals surface area contributed by atoms with Crippen molar-refractivity contribution in [3.63, 3.8) is 0 Å². The fraction of sp³-hybridized carbons (Fsp3) is 0.500. The van der Waals surface area contributed by atoms with Crippen LogP contribution in [0.4, 0.5) is 0 Å². The van der Waals surface area contributed by atoms with Crippen molar-refractivity contribution in [2.24, 2.45) is 5.73 Å². The second-order valence-electron chi connectivity index (χ2n) is 4.51. The van der Waals surface area contributed by atoms with Gasteiger partial charge in [-0.15, -0.1) is 0 Å². The lowest BCUT2D eigenvalue weighted by molar-refractivity contribution is 0.173. The van der Waals surface area contributed by atoms with Gasteiger partial charge in [-0.1, -0.05) is 0 Å². The van der Waals surface area contributed by atoms with Gasteiger partial charge in [-0.2, -0.15) is 0 Å². The molecule has 0 unspecified atom stereocenters. The molecule has 1 heterocycles. The zero-order valence-electron chi connectivity index (χ0n) is 9.59. The zero-order chi connectivity index (χ0) is 12.0. The highest BCUT2D eigenvalue weighted by molar-refractivity contribution is 9.10. The molecule has 2 N–H and O–H groups in total. The molecule has 1 aliphatic carbocycles. The molecule has 0 amide bonds. The molecule has 1 saturated carbocycles. The first kappa shape index (κ1) is 11.2. The molecule has 1 aromatic rings.